The number of furan rings is 1. The zero-order valence-electron chi connectivity index (χ0n) is 13.4. The summed E-state index contributed by atoms with van der Waals surface area (Å²) in [7, 11) is 0. The lowest BCUT2D eigenvalue weighted by atomic mass is 10.1. The van der Waals surface area contributed by atoms with Gasteiger partial charge in [0.2, 0.25) is 5.91 Å². The summed E-state index contributed by atoms with van der Waals surface area (Å²) < 4.78 is 11.1. The molecular formula is C17H20N2O4. The Balaban J connectivity index is 1.97. The molecule has 0 radical (unpaired) electrons. The van der Waals surface area contributed by atoms with E-state index in [2.05, 4.69) is 5.32 Å². The summed E-state index contributed by atoms with van der Waals surface area (Å²) in [5, 5.41) is 2.45. The van der Waals surface area contributed by atoms with Crippen LogP contribution >= 0.6 is 0 Å². The molecule has 2 rings (SSSR count). The van der Waals surface area contributed by atoms with Gasteiger partial charge in [-0.2, -0.15) is 0 Å². The first-order valence-corrected chi connectivity index (χ1v) is 7.25. The molecule has 0 bridgehead atoms. The van der Waals surface area contributed by atoms with Gasteiger partial charge in [0.25, 0.3) is 5.91 Å². The van der Waals surface area contributed by atoms with Gasteiger partial charge in [0, 0.05) is 0 Å². The summed E-state index contributed by atoms with van der Waals surface area (Å²) in [5.74, 6) is 0.289. The van der Waals surface area contributed by atoms with E-state index < -0.39 is 17.9 Å². The van der Waals surface area contributed by atoms with E-state index in [4.69, 9.17) is 14.9 Å². The van der Waals surface area contributed by atoms with Crippen molar-refractivity contribution in [1.82, 2.24) is 5.32 Å². The monoisotopic (exact) mass is 316 g/mol. The van der Waals surface area contributed by atoms with E-state index in [9.17, 15) is 9.59 Å². The average molecular weight is 316 g/mol. The van der Waals surface area contributed by atoms with Crippen molar-refractivity contribution in [2.75, 3.05) is 0 Å². The lowest BCUT2D eigenvalue weighted by Crippen LogP contribution is -2.42. The second kappa shape index (κ2) is 7.00. The number of aryl methyl sites for hydroxylation is 2. The highest BCUT2D eigenvalue weighted by Crippen LogP contribution is 2.20. The van der Waals surface area contributed by atoms with Gasteiger partial charge in [-0.15, -0.1) is 0 Å². The van der Waals surface area contributed by atoms with Crippen LogP contribution in [0.15, 0.2) is 34.7 Å². The first-order valence-electron chi connectivity index (χ1n) is 7.25. The van der Waals surface area contributed by atoms with Gasteiger partial charge in [-0.3, -0.25) is 9.59 Å². The SMILES string of the molecule is Cc1ccc(OCc2ccc(C(=O)NC(C)C(N)=O)o2)c(C)c1. The molecule has 0 spiro atoms. The number of rotatable bonds is 6. The van der Waals surface area contributed by atoms with Crippen molar-refractivity contribution in [2.45, 2.75) is 33.4 Å². The maximum atomic E-state index is 11.9. The van der Waals surface area contributed by atoms with Gasteiger partial charge < -0.3 is 20.2 Å². The Labute approximate surface area is 134 Å². The lowest BCUT2D eigenvalue weighted by molar-refractivity contribution is -0.119. The Morgan fingerprint density at radius 1 is 1.26 bits per heavy atom. The van der Waals surface area contributed by atoms with E-state index in [0.29, 0.717) is 5.76 Å². The van der Waals surface area contributed by atoms with E-state index in [-0.39, 0.29) is 12.4 Å². The predicted octanol–water partition coefficient (Wildman–Crippen LogP) is 2.08. The first-order chi connectivity index (χ1) is 10.9. The molecule has 2 amide bonds. The Bertz CT molecular complexity index is 721. The molecule has 1 atom stereocenters. The van der Waals surface area contributed by atoms with Crippen LogP contribution in [0.1, 0.15) is 34.4 Å². The number of primary amides is 1. The molecule has 1 heterocycles. The van der Waals surface area contributed by atoms with Crippen LogP contribution in [0.2, 0.25) is 0 Å². The average Bonchev–Trinajstić information content (AvgIpc) is 2.95. The van der Waals surface area contributed by atoms with Gasteiger partial charge in [-0.25, -0.2) is 0 Å². The minimum absolute atomic E-state index is 0.109. The van der Waals surface area contributed by atoms with E-state index in [0.717, 1.165) is 16.9 Å². The molecule has 0 aliphatic carbocycles. The summed E-state index contributed by atoms with van der Waals surface area (Å²) >= 11 is 0. The molecule has 1 aromatic carbocycles. The topological polar surface area (TPSA) is 94.6 Å². The van der Waals surface area contributed by atoms with Gasteiger partial charge in [0.05, 0.1) is 0 Å². The molecule has 23 heavy (non-hydrogen) atoms. The minimum atomic E-state index is -0.762. The molecule has 6 heteroatoms. The van der Waals surface area contributed by atoms with Crippen LogP contribution in [0.5, 0.6) is 5.75 Å². The molecule has 0 saturated heterocycles. The third-order valence-corrected chi connectivity index (χ3v) is 3.36. The van der Waals surface area contributed by atoms with Crippen molar-refractivity contribution in [3.63, 3.8) is 0 Å². The molecule has 0 saturated carbocycles. The van der Waals surface area contributed by atoms with Crippen LogP contribution < -0.4 is 15.8 Å². The lowest BCUT2D eigenvalue weighted by Gasteiger charge is -2.09. The molecule has 2 aromatic rings. The number of carbonyl (C=O) groups is 2. The number of hydrogen-bond donors (Lipinski definition) is 2. The third kappa shape index (κ3) is 4.35. The van der Waals surface area contributed by atoms with Crippen LogP contribution in [0.3, 0.4) is 0 Å². The van der Waals surface area contributed by atoms with Crippen molar-refractivity contribution in [3.05, 3.63) is 53.0 Å². The van der Waals surface area contributed by atoms with Crippen LogP contribution in [-0.2, 0) is 11.4 Å². The number of nitrogens with one attached hydrogen (secondary N) is 1. The van der Waals surface area contributed by atoms with Crippen molar-refractivity contribution in [2.24, 2.45) is 5.73 Å². The number of hydrogen-bond acceptors (Lipinski definition) is 4. The van der Waals surface area contributed by atoms with Crippen LogP contribution in [0.25, 0.3) is 0 Å². The van der Waals surface area contributed by atoms with Gasteiger partial charge >= 0.3 is 0 Å². The molecule has 122 valence electrons. The Morgan fingerprint density at radius 2 is 2.00 bits per heavy atom. The number of nitrogens with two attached hydrogens (primary N) is 1. The number of carbonyl (C=O) groups excluding carboxylic acids is 2. The molecule has 3 N–H and O–H groups in total. The summed E-state index contributed by atoms with van der Waals surface area (Å²) in [4.78, 5) is 22.8. The van der Waals surface area contributed by atoms with Gasteiger partial charge in [0.1, 0.15) is 24.2 Å². The zero-order chi connectivity index (χ0) is 17.0. The molecule has 6 nitrogen and oxygen atoms in total. The van der Waals surface area contributed by atoms with Gasteiger partial charge in [-0.1, -0.05) is 17.7 Å². The van der Waals surface area contributed by atoms with E-state index in [1.807, 2.05) is 32.0 Å². The molecule has 1 unspecified atom stereocenters. The summed E-state index contributed by atoms with van der Waals surface area (Å²) in [6.07, 6.45) is 0. The van der Waals surface area contributed by atoms with Gasteiger partial charge in [-0.05, 0) is 44.5 Å². The fourth-order valence-corrected chi connectivity index (χ4v) is 2.03. The zero-order valence-corrected chi connectivity index (χ0v) is 13.4. The fraction of sp³-hybridized carbons (Fsp3) is 0.294. The van der Waals surface area contributed by atoms with E-state index in [1.165, 1.54) is 13.0 Å². The highest BCUT2D eigenvalue weighted by molar-refractivity contribution is 5.95. The Morgan fingerprint density at radius 3 is 2.65 bits per heavy atom. The Hall–Kier alpha value is -2.76. The Kier molecular flexibility index (Phi) is 5.05. The summed E-state index contributed by atoms with van der Waals surface area (Å²) in [6, 6.07) is 8.32. The standard InChI is InChI=1S/C17H20N2O4/c1-10-4-6-14(11(2)8-10)22-9-13-5-7-15(23-13)17(21)19-12(3)16(18)20/h4-8,12H,9H2,1-3H3,(H2,18,20)(H,19,21). The van der Waals surface area contributed by atoms with Crippen LogP contribution in [0.4, 0.5) is 0 Å². The van der Waals surface area contributed by atoms with Gasteiger partial charge in [0.15, 0.2) is 5.76 Å². The van der Waals surface area contributed by atoms with Crippen molar-refractivity contribution < 1.29 is 18.7 Å². The molecule has 0 fully saturated rings. The normalized spacial score (nSPS) is 11.8. The first kappa shape index (κ1) is 16.6. The summed E-state index contributed by atoms with van der Waals surface area (Å²) in [6.45, 7) is 5.70. The molecular weight excluding hydrogens is 296 g/mol. The maximum Gasteiger partial charge on any atom is 0.287 e. The van der Waals surface area contributed by atoms with Crippen LogP contribution in [-0.4, -0.2) is 17.9 Å². The third-order valence-electron chi connectivity index (χ3n) is 3.36. The predicted molar refractivity (Wildman–Crippen MR) is 85.1 cm³/mol. The van der Waals surface area contributed by atoms with E-state index >= 15 is 0 Å². The number of ether oxygens (including phenoxy) is 1. The van der Waals surface area contributed by atoms with E-state index in [1.54, 1.807) is 6.07 Å². The molecule has 1 aromatic heterocycles. The quantitative estimate of drug-likeness (QED) is 0.853. The second-order valence-electron chi connectivity index (χ2n) is 5.42. The van der Waals surface area contributed by atoms with Crippen molar-refractivity contribution in [3.8, 4) is 5.75 Å². The highest BCUT2D eigenvalue weighted by Gasteiger charge is 2.17. The highest BCUT2D eigenvalue weighted by atomic mass is 16.5. The van der Waals surface area contributed by atoms with Crippen molar-refractivity contribution >= 4 is 11.8 Å². The molecule has 0 aliphatic heterocycles. The molecule has 0 aliphatic rings. The largest absolute Gasteiger partial charge is 0.485 e. The van der Waals surface area contributed by atoms with Crippen molar-refractivity contribution in [1.29, 1.82) is 0 Å². The maximum absolute atomic E-state index is 11.9. The number of amides is 2. The second-order valence-corrected chi connectivity index (χ2v) is 5.42. The fourth-order valence-electron chi connectivity index (χ4n) is 2.03. The van der Waals surface area contributed by atoms with Crippen LogP contribution in [0, 0.1) is 13.8 Å². The smallest absolute Gasteiger partial charge is 0.287 e. The summed E-state index contributed by atoms with van der Waals surface area (Å²) in [5.41, 5.74) is 7.29. The minimum Gasteiger partial charge on any atom is -0.485 e. The number of benzene rings is 1.